The van der Waals surface area contributed by atoms with E-state index in [1.54, 1.807) is 18.2 Å². The molecule has 0 aliphatic heterocycles. The highest BCUT2D eigenvalue weighted by Crippen LogP contribution is 2.14. The lowest BCUT2D eigenvalue weighted by Crippen LogP contribution is -2.03. The highest BCUT2D eigenvalue weighted by atomic mass is 16.6. The average molecular weight is 241 g/mol. The molecule has 1 aromatic rings. The second kappa shape index (κ2) is 5.23. The third-order valence-electron chi connectivity index (χ3n) is 2.62. The van der Waals surface area contributed by atoms with Crippen molar-refractivity contribution >= 4 is 17.5 Å². The minimum absolute atomic E-state index is 0.00153. The molecule has 0 bridgehead atoms. The Balaban J connectivity index is 2.04. The summed E-state index contributed by atoms with van der Waals surface area (Å²) in [7, 11) is 0. The molecule has 0 atom stereocenters. The molecular formula is C14H11NO3. The van der Waals surface area contributed by atoms with Crippen molar-refractivity contribution in [3.8, 4) is 0 Å². The van der Waals surface area contributed by atoms with Gasteiger partial charge in [-0.3, -0.25) is 14.9 Å². The van der Waals surface area contributed by atoms with Crippen LogP contribution in [0.1, 0.15) is 5.56 Å². The van der Waals surface area contributed by atoms with Crippen molar-refractivity contribution in [1.82, 2.24) is 0 Å². The number of nitro groups is 1. The van der Waals surface area contributed by atoms with Crippen LogP contribution < -0.4 is 0 Å². The number of allylic oxidation sites excluding steroid dienone is 5. The van der Waals surface area contributed by atoms with Gasteiger partial charge in [0.25, 0.3) is 5.69 Å². The minimum atomic E-state index is -0.452. The third kappa shape index (κ3) is 2.79. The Kier molecular flexibility index (Phi) is 3.48. The van der Waals surface area contributed by atoms with Gasteiger partial charge in [-0.25, -0.2) is 0 Å². The standard InChI is InChI=1S/C14H11NO3/c16-14(12-3-1-2-4-12)10-7-11-5-8-13(9-6-11)15(17)18/h1-10,12H/b10-7+. The number of ketones is 1. The molecule has 0 unspecified atom stereocenters. The normalized spacial score (nSPS) is 14.4. The highest BCUT2D eigenvalue weighted by molar-refractivity contribution is 5.98. The molecule has 90 valence electrons. The van der Waals surface area contributed by atoms with E-state index >= 15 is 0 Å². The molecule has 2 rings (SSSR count). The Morgan fingerprint density at radius 3 is 2.33 bits per heavy atom. The summed E-state index contributed by atoms with van der Waals surface area (Å²) in [4.78, 5) is 21.7. The van der Waals surface area contributed by atoms with Gasteiger partial charge in [0.2, 0.25) is 0 Å². The molecule has 0 amide bonds. The zero-order valence-corrected chi connectivity index (χ0v) is 9.52. The lowest BCUT2D eigenvalue weighted by atomic mass is 10.1. The number of non-ortho nitro benzene ring substituents is 1. The largest absolute Gasteiger partial charge is 0.294 e. The topological polar surface area (TPSA) is 60.2 Å². The average Bonchev–Trinajstić information content (AvgIpc) is 2.90. The predicted octanol–water partition coefficient (Wildman–Crippen LogP) is 2.92. The highest BCUT2D eigenvalue weighted by Gasteiger charge is 2.10. The number of rotatable bonds is 4. The zero-order valence-electron chi connectivity index (χ0n) is 9.52. The summed E-state index contributed by atoms with van der Waals surface area (Å²) in [6, 6.07) is 6.06. The summed E-state index contributed by atoms with van der Waals surface area (Å²) in [6.07, 6.45) is 10.5. The first-order chi connectivity index (χ1) is 8.66. The van der Waals surface area contributed by atoms with Crippen LogP contribution in [0, 0.1) is 16.0 Å². The lowest BCUT2D eigenvalue weighted by Gasteiger charge is -1.98. The number of carbonyl (C=O) groups is 1. The van der Waals surface area contributed by atoms with Crippen LogP contribution in [0.25, 0.3) is 6.08 Å². The zero-order chi connectivity index (χ0) is 13.0. The molecule has 1 aliphatic rings. The third-order valence-corrected chi connectivity index (χ3v) is 2.62. The van der Waals surface area contributed by atoms with Gasteiger partial charge in [0, 0.05) is 12.1 Å². The molecular weight excluding hydrogens is 230 g/mol. The monoisotopic (exact) mass is 241 g/mol. The van der Waals surface area contributed by atoms with Crippen molar-refractivity contribution in [2.75, 3.05) is 0 Å². The number of hydrogen-bond donors (Lipinski definition) is 0. The molecule has 4 nitrogen and oxygen atoms in total. The second-order valence-corrected chi connectivity index (χ2v) is 3.88. The van der Waals surface area contributed by atoms with Crippen LogP contribution in [0.2, 0.25) is 0 Å². The smallest absolute Gasteiger partial charge is 0.269 e. The van der Waals surface area contributed by atoms with E-state index in [1.807, 2.05) is 24.3 Å². The van der Waals surface area contributed by atoms with Gasteiger partial charge in [-0.2, -0.15) is 0 Å². The van der Waals surface area contributed by atoms with E-state index in [9.17, 15) is 14.9 Å². The van der Waals surface area contributed by atoms with Crippen molar-refractivity contribution in [1.29, 1.82) is 0 Å². The maximum absolute atomic E-state index is 11.7. The Morgan fingerprint density at radius 1 is 1.17 bits per heavy atom. The summed E-state index contributed by atoms with van der Waals surface area (Å²) in [5.41, 5.74) is 0.806. The van der Waals surface area contributed by atoms with Gasteiger partial charge in [0.05, 0.1) is 10.8 Å². The minimum Gasteiger partial charge on any atom is -0.294 e. The number of nitro benzene ring substituents is 1. The fourth-order valence-corrected chi connectivity index (χ4v) is 1.62. The molecule has 0 N–H and O–H groups in total. The molecule has 0 saturated heterocycles. The van der Waals surface area contributed by atoms with E-state index in [-0.39, 0.29) is 17.4 Å². The van der Waals surface area contributed by atoms with Crippen LogP contribution in [-0.2, 0) is 4.79 Å². The second-order valence-electron chi connectivity index (χ2n) is 3.88. The lowest BCUT2D eigenvalue weighted by molar-refractivity contribution is -0.384. The first kappa shape index (κ1) is 12.0. The molecule has 0 fully saturated rings. The van der Waals surface area contributed by atoms with E-state index in [2.05, 4.69) is 0 Å². The first-order valence-electron chi connectivity index (χ1n) is 5.48. The van der Waals surface area contributed by atoms with Gasteiger partial charge in [-0.1, -0.05) is 30.4 Å². The van der Waals surface area contributed by atoms with E-state index < -0.39 is 4.92 Å². The molecule has 0 saturated carbocycles. The quantitative estimate of drug-likeness (QED) is 0.462. The molecule has 0 radical (unpaired) electrons. The van der Waals surface area contributed by atoms with Gasteiger partial charge in [-0.15, -0.1) is 0 Å². The summed E-state index contributed by atoms with van der Waals surface area (Å²) in [6.45, 7) is 0. The fraction of sp³-hybridized carbons (Fsp3) is 0.0714. The van der Waals surface area contributed by atoms with Gasteiger partial charge in [0.1, 0.15) is 0 Å². The molecule has 1 aromatic carbocycles. The predicted molar refractivity (Wildman–Crippen MR) is 68.9 cm³/mol. The van der Waals surface area contributed by atoms with Crippen LogP contribution in [0.3, 0.4) is 0 Å². The van der Waals surface area contributed by atoms with Gasteiger partial charge in [-0.05, 0) is 23.8 Å². The summed E-state index contributed by atoms with van der Waals surface area (Å²) in [5, 5.41) is 10.5. The van der Waals surface area contributed by atoms with Gasteiger partial charge >= 0.3 is 0 Å². The molecule has 4 heteroatoms. The van der Waals surface area contributed by atoms with Crippen molar-refractivity contribution in [3.63, 3.8) is 0 Å². The number of hydrogen-bond acceptors (Lipinski definition) is 3. The summed E-state index contributed by atoms with van der Waals surface area (Å²) >= 11 is 0. The van der Waals surface area contributed by atoms with E-state index in [1.165, 1.54) is 18.2 Å². The first-order valence-corrected chi connectivity index (χ1v) is 5.48. The fourth-order valence-electron chi connectivity index (χ4n) is 1.62. The Bertz CT molecular complexity index is 541. The van der Waals surface area contributed by atoms with Crippen LogP contribution in [0.15, 0.2) is 54.6 Å². The van der Waals surface area contributed by atoms with Gasteiger partial charge in [0.15, 0.2) is 5.78 Å². The van der Waals surface area contributed by atoms with Crippen molar-refractivity contribution < 1.29 is 9.72 Å². The van der Waals surface area contributed by atoms with Gasteiger partial charge < -0.3 is 0 Å². The molecule has 18 heavy (non-hydrogen) atoms. The molecule has 0 aromatic heterocycles. The van der Waals surface area contributed by atoms with Crippen LogP contribution in [0.4, 0.5) is 5.69 Å². The SMILES string of the molecule is O=C(/C=C/c1ccc([N+](=O)[O-])cc1)C1C=CC=C1. The maximum atomic E-state index is 11.7. The Morgan fingerprint density at radius 2 is 1.78 bits per heavy atom. The number of carbonyl (C=O) groups excluding carboxylic acids is 1. The van der Waals surface area contributed by atoms with Crippen molar-refractivity contribution in [3.05, 3.63) is 70.3 Å². The van der Waals surface area contributed by atoms with Crippen molar-refractivity contribution in [2.24, 2.45) is 5.92 Å². The van der Waals surface area contributed by atoms with Crippen LogP contribution in [-0.4, -0.2) is 10.7 Å². The molecule has 0 heterocycles. The van der Waals surface area contributed by atoms with Crippen LogP contribution >= 0.6 is 0 Å². The van der Waals surface area contributed by atoms with E-state index in [0.29, 0.717) is 0 Å². The molecule has 1 aliphatic carbocycles. The Hall–Kier alpha value is -2.49. The molecule has 0 spiro atoms. The van der Waals surface area contributed by atoms with Crippen LogP contribution in [0.5, 0.6) is 0 Å². The summed E-state index contributed by atoms with van der Waals surface area (Å²) < 4.78 is 0. The number of nitrogens with zero attached hydrogens (tertiary/aromatic N) is 1. The van der Waals surface area contributed by atoms with E-state index in [0.717, 1.165) is 5.56 Å². The maximum Gasteiger partial charge on any atom is 0.269 e. The van der Waals surface area contributed by atoms with E-state index in [4.69, 9.17) is 0 Å². The van der Waals surface area contributed by atoms with Crippen molar-refractivity contribution in [2.45, 2.75) is 0 Å². The summed E-state index contributed by atoms with van der Waals surface area (Å²) in [5.74, 6) is -0.183. The Labute approximate surface area is 104 Å². The number of benzene rings is 1.